The Bertz CT molecular complexity index is 2620. The van der Waals surface area contributed by atoms with E-state index >= 15 is 4.39 Å². The molecule has 2 atom stereocenters. The summed E-state index contributed by atoms with van der Waals surface area (Å²) in [7, 11) is 0. The van der Waals surface area contributed by atoms with E-state index in [1.54, 1.807) is 12.1 Å². The van der Waals surface area contributed by atoms with E-state index in [0.717, 1.165) is 70.4 Å². The topological polar surface area (TPSA) is 156 Å². The van der Waals surface area contributed by atoms with Gasteiger partial charge in [-0.15, -0.1) is 0 Å². The molecule has 14 nitrogen and oxygen atoms in total. The van der Waals surface area contributed by atoms with Crippen molar-refractivity contribution in [3.63, 3.8) is 0 Å². The number of nitriles is 1. The van der Waals surface area contributed by atoms with Gasteiger partial charge in [0, 0.05) is 77.4 Å². The summed E-state index contributed by atoms with van der Waals surface area (Å²) < 4.78 is 67.2. The van der Waals surface area contributed by atoms with Gasteiger partial charge in [0.2, 0.25) is 11.8 Å². The van der Waals surface area contributed by atoms with Gasteiger partial charge in [0.25, 0.3) is 5.56 Å². The Morgan fingerprint density at radius 1 is 0.828 bits per heavy atom. The molecule has 2 unspecified atom stereocenters. The van der Waals surface area contributed by atoms with Gasteiger partial charge in [-0.1, -0.05) is 12.1 Å². The molecule has 2 N–H and O–H groups in total. The number of nitrogens with one attached hydrogen (secondary N) is 2. The normalized spacial score (nSPS) is 19.1. The molecule has 0 saturated carbocycles. The van der Waals surface area contributed by atoms with E-state index in [1.807, 2.05) is 42.5 Å². The molecule has 1 aromatic heterocycles. The Morgan fingerprint density at radius 2 is 1.55 bits per heavy atom. The fourth-order valence-electron chi connectivity index (χ4n) is 8.45. The summed E-state index contributed by atoms with van der Waals surface area (Å²) in [4.78, 5) is 45.9. The van der Waals surface area contributed by atoms with Crippen LogP contribution < -0.4 is 30.1 Å². The van der Waals surface area contributed by atoms with Gasteiger partial charge in [-0.05, 0) is 98.3 Å². The van der Waals surface area contributed by atoms with Gasteiger partial charge in [0.05, 0.1) is 28.0 Å². The molecule has 18 heteroatoms. The molecule has 0 spiro atoms. The SMILES string of the molecule is N#Cc1c(NS(=O)N2CCC(F)C2)ccc(F)c1Oc1ccc2ncn(-c3ccc(N4CCN(CC5CCN(c6ccccc6F)CC5)CC4)cc3)c(=O)c2c1.O=C1CCCC(=O)N1. The van der Waals surface area contributed by atoms with Gasteiger partial charge in [0.15, 0.2) is 22.7 Å². The number of benzene rings is 4. The molecule has 5 aromatic rings. The molecule has 0 aliphatic carbocycles. The van der Waals surface area contributed by atoms with Gasteiger partial charge < -0.3 is 14.5 Å². The first-order valence-corrected chi connectivity index (χ1v) is 22.5. The maximum absolute atomic E-state index is 15.1. The van der Waals surface area contributed by atoms with E-state index < -0.39 is 28.9 Å². The third-order valence-electron chi connectivity index (χ3n) is 12.0. The van der Waals surface area contributed by atoms with E-state index in [-0.39, 0.29) is 65.1 Å². The quantitative estimate of drug-likeness (QED) is 0.155. The summed E-state index contributed by atoms with van der Waals surface area (Å²) in [5.74, 6) is -0.966. The van der Waals surface area contributed by atoms with Gasteiger partial charge in [-0.3, -0.25) is 33.9 Å². The van der Waals surface area contributed by atoms with Crippen molar-refractivity contribution in [1.29, 1.82) is 5.26 Å². The van der Waals surface area contributed by atoms with Crippen LogP contribution in [0.15, 0.2) is 90.0 Å². The van der Waals surface area contributed by atoms with Crippen LogP contribution in [0.25, 0.3) is 16.6 Å². The lowest BCUT2D eigenvalue weighted by Gasteiger charge is -2.40. The van der Waals surface area contributed by atoms with Crippen LogP contribution in [0.3, 0.4) is 0 Å². The summed E-state index contributed by atoms with van der Waals surface area (Å²) in [6.07, 6.45) is 4.45. The number of carbonyl (C=O) groups is 2. The Labute approximate surface area is 370 Å². The first-order chi connectivity index (χ1) is 31.0. The summed E-state index contributed by atoms with van der Waals surface area (Å²) in [5, 5.41) is 12.4. The predicted molar refractivity (Wildman–Crippen MR) is 238 cm³/mol. The molecule has 4 aliphatic rings. The Morgan fingerprint density at radius 3 is 2.20 bits per heavy atom. The largest absolute Gasteiger partial charge is 0.453 e. The van der Waals surface area contributed by atoms with Crippen LogP contribution in [0.1, 0.15) is 44.1 Å². The number of imide groups is 1. The number of hydrogen-bond acceptors (Lipinski definition) is 10. The highest BCUT2D eigenvalue weighted by Crippen LogP contribution is 2.35. The summed E-state index contributed by atoms with van der Waals surface area (Å²) in [6.45, 7) is 6.72. The Balaban J connectivity index is 0.000000633. The monoisotopic (exact) mass is 895 g/mol. The van der Waals surface area contributed by atoms with Crippen molar-refractivity contribution >= 4 is 51.0 Å². The number of rotatable bonds is 10. The summed E-state index contributed by atoms with van der Waals surface area (Å²) in [5.41, 5.74) is 2.28. The zero-order valence-electron chi connectivity index (χ0n) is 35.1. The first-order valence-electron chi connectivity index (χ1n) is 21.4. The molecule has 0 radical (unpaired) electrons. The first kappa shape index (κ1) is 44.3. The Hall–Kier alpha value is -6.29. The maximum Gasteiger partial charge on any atom is 0.265 e. The van der Waals surface area contributed by atoms with E-state index in [4.69, 9.17) is 4.74 Å². The minimum Gasteiger partial charge on any atom is -0.453 e. The van der Waals surface area contributed by atoms with Gasteiger partial charge in [-0.25, -0.2) is 26.7 Å². The number of ether oxygens (including phenoxy) is 1. The fraction of sp³-hybridized carbons (Fsp3) is 0.370. The maximum atomic E-state index is 15.1. The van der Waals surface area contributed by atoms with Crippen molar-refractivity contribution in [3.05, 3.63) is 113 Å². The van der Waals surface area contributed by atoms with Crippen LogP contribution >= 0.6 is 0 Å². The number of para-hydroxylation sites is 1. The van der Waals surface area contributed by atoms with E-state index in [1.165, 1.54) is 39.5 Å². The molecule has 334 valence electrons. The number of nitrogens with zero attached hydrogens (tertiary/aromatic N) is 7. The Kier molecular flexibility index (Phi) is 13.9. The lowest BCUT2D eigenvalue weighted by Crippen LogP contribution is -2.49. The van der Waals surface area contributed by atoms with Crippen molar-refractivity contribution in [3.8, 4) is 23.3 Å². The predicted octanol–water partition coefficient (Wildman–Crippen LogP) is 6.21. The third kappa shape index (κ3) is 10.4. The number of fused-ring (bicyclic) bond motifs is 1. The number of anilines is 3. The molecule has 2 amide bonds. The summed E-state index contributed by atoms with van der Waals surface area (Å²) >= 11 is -1.85. The van der Waals surface area contributed by atoms with Gasteiger partial charge in [0.1, 0.15) is 35.7 Å². The molecule has 4 aromatic carbocycles. The minimum absolute atomic E-state index is 0.0148. The minimum atomic E-state index is -1.85. The molecule has 9 rings (SSSR count). The molecular weight excluding hydrogens is 848 g/mol. The average molecular weight is 896 g/mol. The molecule has 5 heterocycles. The van der Waals surface area contributed by atoms with Crippen molar-refractivity contribution in [2.75, 3.05) is 73.4 Å². The van der Waals surface area contributed by atoms with Crippen molar-refractivity contribution in [2.45, 2.75) is 44.7 Å². The lowest BCUT2D eigenvalue weighted by molar-refractivity contribution is -0.132. The highest BCUT2D eigenvalue weighted by molar-refractivity contribution is 7.84. The van der Waals surface area contributed by atoms with Crippen molar-refractivity contribution in [2.24, 2.45) is 5.92 Å². The smallest absolute Gasteiger partial charge is 0.265 e. The number of aromatic nitrogens is 2. The fourth-order valence-corrected chi connectivity index (χ4v) is 9.50. The number of piperidine rings is 2. The second-order valence-electron chi connectivity index (χ2n) is 16.2. The van der Waals surface area contributed by atoms with E-state index in [2.05, 4.69) is 29.7 Å². The molecule has 4 aliphatic heterocycles. The number of carbonyl (C=O) groups excluding carboxylic acids is 2. The highest BCUT2D eigenvalue weighted by Gasteiger charge is 2.28. The van der Waals surface area contributed by atoms with E-state index in [0.29, 0.717) is 42.1 Å². The standard InChI is InChI=1S/C41H41F3N8O3S.C5H7NO2/c42-29-15-18-51(26-29)56(54)47-38-12-10-36(44)40(34(38)24-45)55-32-9-11-37-33(23-32)41(53)52(27-46-37)31-7-5-30(6-8-31)49-21-19-48(20-22-49)25-28-13-16-50(17-14-28)39-4-2-1-3-35(39)43;7-4-2-1-3-5(8)6-4/h1-12,23,27-29,47H,13-22,25-26H2;1-3H2,(H,6,7,8). The van der Waals surface area contributed by atoms with E-state index in [9.17, 15) is 32.6 Å². The highest BCUT2D eigenvalue weighted by atomic mass is 32.2. The second-order valence-corrected chi connectivity index (χ2v) is 17.5. The third-order valence-corrected chi connectivity index (χ3v) is 13.2. The van der Waals surface area contributed by atoms with Crippen molar-refractivity contribution < 1.29 is 31.7 Å². The molecule has 4 saturated heterocycles. The van der Waals surface area contributed by atoms with Crippen LogP contribution in [0.5, 0.6) is 11.5 Å². The number of alkyl halides is 1. The van der Waals surface area contributed by atoms with Gasteiger partial charge >= 0.3 is 0 Å². The number of halogens is 3. The van der Waals surface area contributed by atoms with Crippen molar-refractivity contribution in [1.82, 2.24) is 24.1 Å². The van der Waals surface area contributed by atoms with Gasteiger partial charge in [-0.2, -0.15) is 5.26 Å². The van der Waals surface area contributed by atoms with Crippen LogP contribution in [0.4, 0.5) is 30.2 Å². The zero-order valence-corrected chi connectivity index (χ0v) is 35.9. The lowest BCUT2D eigenvalue weighted by atomic mass is 9.95. The zero-order chi connectivity index (χ0) is 44.7. The van der Waals surface area contributed by atoms with Crippen LogP contribution in [0.2, 0.25) is 0 Å². The number of piperazine rings is 1. The molecule has 64 heavy (non-hydrogen) atoms. The second kappa shape index (κ2) is 20.0. The summed E-state index contributed by atoms with van der Waals surface area (Å²) in [6, 6.07) is 23.6. The molecular formula is C46H48F3N9O5S. The van der Waals surface area contributed by atoms with Crippen LogP contribution in [-0.2, 0) is 20.8 Å². The molecule has 0 bridgehead atoms. The molecule has 4 fully saturated rings. The number of hydrogen-bond donors (Lipinski definition) is 2. The van der Waals surface area contributed by atoms with Crippen LogP contribution in [0, 0.1) is 28.9 Å². The van der Waals surface area contributed by atoms with Crippen LogP contribution in [-0.4, -0.2) is 99.9 Å². The average Bonchev–Trinajstić information content (AvgIpc) is 3.75. The number of amides is 2.